The van der Waals surface area contributed by atoms with E-state index in [-0.39, 0.29) is 0 Å². The summed E-state index contributed by atoms with van der Waals surface area (Å²) >= 11 is 5.34. The van der Waals surface area contributed by atoms with Crippen molar-refractivity contribution in [2.75, 3.05) is 33.4 Å². The van der Waals surface area contributed by atoms with Crippen molar-refractivity contribution in [1.82, 2.24) is 10.2 Å². The predicted octanol–water partition coefficient (Wildman–Crippen LogP) is 1.63. The number of thiocarbonyl (C=S) groups is 1. The van der Waals surface area contributed by atoms with Crippen molar-refractivity contribution in [2.24, 2.45) is 5.41 Å². The lowest BCUT2D eigenvalue weighted by molar-refractivity contribution is 0.195. The van der Waals surface area contributed by atoms with Crippen LogP contribution >= 0.6 is 12.2 Å². The second-order valence-corrected chi connectivity index (χ2v) is 5.30. The number of rotatable bonds is 4. The van der Waals surface area contributed by atoms with Gasteiger partial charge in [0.2, 0.25) is 0 Å². The maximum atomic E-state index is 5.34. The number of nitrogens with one attached hydrogen (secondary N) is 1. The molecule has 0 amide bonds. The predicted molar refractivity (Wildman–Crippen MR) is 67.1 cm³/mol. The van der Waals surface area contributed by atoms with Gasteiger partial charge in [-0.1, -0.05) is 13.8 Å². The lowest BCUT2D eigenvalue weighted by Gasteiger charge is -2.22. The highest BCUT2D eigenvalue weighted by Gasteiger charge is 2.30. The van der Waals surface area contributed by atoms with Gasteiger partial charge in [0.1, 0.15) is 0 Å². The van der Waals surface area contributed by atoms with Gasteiger partial charge in [-0.2, -0.15) is 0 Å². The normalized spacial score (nSPS) is 19.3. The summed E-state index contributed by atoms with van der Waals surface area (Å²) in [6, 6.07) is 0. The average Bonchev–Trinajstić information content (AvgIpc) is 2.53. The van der Waals surface area contributed by atoms with Crippen molar-refractivity contribution in [3.63, 3.8) is 0 Å². The zero-order chi connectivity index (χ0) is 11.3. The Labute approximate surface area is 98.2 Å². The Morgan fingerprint density at radius 1 is 1.53 bits per heavy atom. The molecule has 0 spiro atoms. The third kappa shape index (κ3) is 4.34. The molecular weight excluding hydrogens is 208 g/mol. The Kier molecular flexibility index (Phi) is 4.80. The second-order valence-electron chi connectivity index (χ2n) is 4.91. The second kappa shape index (κ2) is 5.66. The van der Waals surface area contributed by atoms with Crippen LogP contribution in [0.25, 0.3) is 0 Å². The number of hydrogen-bond acceptors (Lipinski definition) is 2. The summed E-state index contributed by atoms with van der Waals surface area (Å²) in [5.41, 5.74) is 0.415. The minimum atomic E-state index is 0.415. The third-order valence-corrected chi connectivity index (χ3v) is 3.17. The van der Waals surface area contributed by atoms with Gasteiger partial charge in [0.25, 0.3) is 0 Å². The number of nitrogens with zero attached hydrogens (tertiary/aromatic N) is 1. The number of ether oxygens (including phenoxy) is 1. The molecule has 0 aliphatic carbocycles. The summed E-state index contributed by atoms with van der Waals surface area (Å²) in [5, 5.41) is 4.17. The van der Waals surface area contributed by atoms with Crippen LogP contribution in [-0.4, -0.2) is 43.4 Å². The minimum absolute atomic E-state index is 0.415. The summed E-state index contributed by atoms with van der Waals surface area (Å²) in [7, 11) is 1.72. The van der Waals surface area contributed by atoms with E-state index in [0.717, 1.165) is 37.8 Å². The quantitative estimate of drug-likeness (QED) is 0.586. The maximum Gasteiger partial charge on any atom is 0.168 e. The minimum Gasteiger partial charge on any atom is -0.385 e. The topological polar surface area (TPSA) is 24.5 Å². The Balaban J connectivity index is 2.18. The van der Waals surface area contributed by atoms with Gasteiger partial charge in [0.05, 0.1) is 0 Å². The van der Waals surface area contributed by atoms with Crippen LogP contribution in [-0.2, 0) is 4.74 Å². The van der Waals surface area contributed by atoms with Gasteiger partial charge in [-0.05, 0) is 30.5 Å². The molecule has 1 heterocycles. The van der Waals surface area contributed by atoms with Crippen LogP contribution in [0.5, 0.6) is 0 Å². The van der Waals surface area contributed by atoms with E-state index in [1.807, 2.05) is 0 Å². The van der Waals surface area contributed by atoms with E-state index in [4.69, 9.17) is 17.0 Å². The Morgan fingerprint density at radius 2 is 2.27 bits per heavy atom. The number of likely N-dealkylation sites (tertiary alicyclic amines) is 1. The van der Waals surface area contributed by atoms with E-state index in [1.165, 1.54) is 6.42 Å². The molecule has 1 aliphatic rings. The lowest BCUT2D eigenvalue weighted by atomic mass is 9.93. The standard InChI is InChI=1S/C11H22N2OS/c1-11(2)5-7-13(9-11)10(15)12-6-4-8-14-3/h4-9H2,1-3H3,(H,12,15). The fourth-order valence-electron chi connectivity index (χ4n) is 1.81. The van der Waals surface area contributed by atoms with Gasteiger partial charge in [-0.15, -0.1) is 0 Å². The Hall–Kier alpha value is -0.350. The molecular formula is C11H22N2OS. The van der Waals surface area contributed by atoms with Crippen LogP contribution in [0.1, 0.15) is 26.7 Å². The molecule has 1 fully saturated rings. The number of hydrogen-bond donors (Lipinski definition) is 1. The van der Waals surface area contributed by atoms with Gasteiger partial charge in [0.15, 0.2) is 5.11 Å². The van der Waals surface area contributed by atoms with E-state index in [1.54, 1.807) is 7.11 Å². The van der Waals surface area contributed by atoms with Crippen molar-refractivity contribution in [2.45, 2.75) is 26.7 Å². The summed E-state index contributed by atoms with van der Waals surface area (Å²) in [6.07, 6.45) is 2.24. The molecule has 1 rings (SSSR count). The summed E-state index contributed by atoms with van der Waals surface area (Å²) in [6.45, 7) is 8.44. The monoisotopic (exact) mass is 230 g/mol. The van der Waals surface area contributed by atoms with Crippen LogP contribution in [0.4, 0.5) is 0 Å². The van der Waals surface area contributed by atoms with Crippen LogP contribution < -0.4 is 5.32 Å². The van der Waals surface area contributed by atoms with Gasteiger partial charge < -0.3 is 15.0 Å². The van der Waals surface area contributed by atoms with Crippen LogP contribution in [0.3, 0.4) is 0 Å². The van der Waals surface area contributed by atoms with Crippen LogP contribution in [0, 0.1) is 5.41 Å². The molecule has 0 radical (unpaired) electrons. The molecule has 0 aromatic heterocycles. The fourth-order valence-corrected chi connectivity index (χ4v) is 2.07. The van der Waals surface area contributed by atoms with Gasteiger partial charge in [-0.3, -0.25) is 0 Å². The lowest BCUT2D eigenvalue weighted by Crippen LogP contribution is -2.39. The number of methoxy groups -OCH3 is 1. The highest BCUT2D eigenvalue weighted by atomic mass is 32.1. The first kappa shape index (κ1) is 12.7. The molecule has 0 aromatic rings. The fraction of sp³-hybridized carbons (Fsp3) is 0.909. The zero-order valence-corrected chi connectivity index (χ0v) is 10.8. The summed E-state index contributed by atoms with van der Waals surface area (Å²) in [5.74, 6) is 0. The Morgan fingerprint density at radius 3 is 2.80 bits per heavy atom. The van der Waals surface area contributed by atoms with Gasteiger partial charge >= 0.3 is 0 Å². The van der Waals surface area contributed by atoms with Crippen molar-refractivity contribution in [1.29, 1.82) is 0 Å². The molecule has 0 bridgehead atoms. The van der Waals surface area contributed by atoms with Crippen molar-refractivity contribution in [3.05, 3.63) is 0 Å². The van der Waals surface area contributed by atoms with Crippen LogP contribution in [0.2, 0.25) is 0 Å². The molecule has 0 unspecified atom stereocenters. The molecule has 15 heavy (non-hydrogen) atoms. The van der Waals surface area contributed by atoms with Gasteiger partial charge in [-0.25, -0.2) is 0 Å². The summed E-state index contributed by atoms with van der Waals surface area (Å²) < 4.78 is 4.99. The third-order valence-electron chi connectivity index (χ3n) is 2.77. The molecule has 88 valence electrons. The average molecular weight is 230 g/mol. The van der Waals surface area contributed by atoms with E-state index in [0.29, 0.717) is 5.41 Å². The van der Waals surface area contributed by atoms with E-state index >= 15 is 0 Å². The van der Waals surface area contributed by atoms with E-state index in [2.05, 4.69) is 24.1 Å². The first-order valence-electron chi connectivity index (χ1n) is 5.57. The highest BCUT2D eigenvalue weighted by molar-refractivity contribution is 7.80. The molecule has 0 saturated carbocycles. The molecule has 0 aromatic carbocycles. The molecule has 1 N–H and O–H groups in total. The Bertz CT molecular complexity index is 219. The van der Waals surface area contributed by atoms with Gasteiger partial charge in [0, 0.05) is 33.4 Å². The molecule has 0 atom stereocenters. The van der Waals surface area contributed by atoms with Crippen molar-refractivity contribution >= 4 is 17.3 Å². The summed E-state index contributed by atoms with van der Waals surface area (Å²) in [4.78, 5) is 2.27. The first-order chi connectivity index (χ1) is 7.05. The SMILES string of the molecule is COCCCNC(=S)N1CCC(C)(C)C1. The van der Waals surface area contributed by atoms with Crippen molar-refractivity contribution < 1.29 is 4.74 Å². The van der Waals surface area contributed by atoms with E-state index in [9.17, 15) is 0 Å². The van der Waals surface area contributed by atoms with E-state index < -0.39 is 0 Å². The highest BCUT2D eigenvalue weighted by Crippen LogP contribution is 2.28. The van der Waals surface area contributed by atoms with Crippen molar-refractivity contribution in [3.8, 4) is 0 Å². The smallest absolute Gasteiger partial charge is 0.168 e. The first-order valence-corrected chi connectivity index (χ1v) is 5.98. The molecule has 4 heteroatoms. The maximum absolute atomic E-state index is 5.34. The zero-order valence-electron chi connectivity index (χ0n) is 10.0. The van der Waals surface area contributed by atoms with Crippen LogP contribution in [0.15, 0.2) is 0 Å². The molecule has 3 nitrogen and oxygen atoms in total. The molecule has 1 saturated heterocycles. The molecule has 1 aliphatic heterocycles. The largest absolute Gasteiger partial charge is 0.385 e.